The summed E-state index contributed by atoms with van der Waals surface area (Å²) in [6, 6.07) is 5.75. The Balaban J connectivity index is 1.36. The molecule has 2 aliphatic rings. The molecule has 0 aromatic carbocycles. The van der Waals surface area contributed by atoms with Crippen LogP contribution in [-0.2, 0) is 0 Å². The number of piperidine rings is 1. The van der Waals surface area contributed by atoms with Gasteiger partial charge in [0.05, 0.1) is 12.3 Å². The summed E-state index contributed by atoms with van der Waals surface area (Å²) >= 11 is 0. The van der Waals surface area contributed by atoms with Crippen LogP contribution in [0, 0.1) is 0 Å². The zero-order valence-corrected chi connectivity index (χ0v) is 14.2. The predicted octanol–water partition coefficient (Wildman–Crippen LogP) is 1.49. The number of aliphatic hydroxyl groups excluding tert-OH is 1. The molecule has 25 heavy (non-hydrogen) atoms. The highest BCUT2D eigenvalue weighted by Gasteiger charge is 2.25. The van der Waals surface area contributed by atoms with Crippen molar-refractivity contribution in [3.8, 4) is 5.75 Å². The van der Waals surface area contributed by atoms with E-state index in [1.807, 2.05) is 18.2 Å². The summed E-state index contributed by atoms with van der Waals surface area (Å²) < 4.78 is 5.99. The van der Waals surface area contributed by atoms with E-state index in [1.165, 1.54) is 0 Å². The van der Waals surface area contributed by atoms with Gasteiger partial charge in [-0.1, -0.05) is 0 Å². The van der Waals surface area contributed by atoms with Crippen LogP contribution in [0.5, 0.6) is 5.75 Å². The lowest BCUT2D eigenvalue weighted by atomic mass is 10.1. The fourth-order valence-electron chi connectivity index (χ4n) is 3.40. The molecule has 1 atom stereocenters. The summed E-state index contributed by atoms with van der Waals surface area (Å²) in [6.45, 7) is 3.24. The van der Waals surface area contributed by atoms with E-state index in [9.17, 15) is 5.11 Å². The highest BCUT2D eigenvalue weighted by atomic mass is 16.5. The second-order valence-corrected chi connectivity index (χ2v) is 6.60. The van der Waals surface area contributed by atoms with Gasteiger partial charge in [-0.25, -0.2) is 4.98 Å². The highest BCUT2D eigenvalue weighted by molar-refractivity contribution is 5.45. The number of β-amino-alcohol motifs (C(OH)–C–C–N with tert-alkyl or cyclic N) is 1. The van der Waals surface area contributed by atoms with E-state index in [4.69, 9.17) is 9.72 Å². The van der Waals surface area contributed by atoms with Gasteiger partial charge >= 0.3 is 0 Å². The number of hydrogen-bond donors (Lipinski definition) is 1. The summed E-state index contributed by atoms with van der Waals surface area (Å²) in [5, 5.41) is 9.72. The molecule has 1 N–H and O–H groups in total. The summed E-state index contributed by atoms with van der Waals surface area (Å²) in [6.07, 6.45) is 7.94. The molecule has 2 saturated heterocycles. The molecule has 4 heterocycles. The first kappa shape index (κ1) is 16.1. The zero-order valence-electron chi connectivity index (χ0n) is 14.2. The van der Waals surface area contributed by atoms with Gasteiger partial charge in [-0.05, 0) is 24.6 Å². The summed E-state index contributed by atoms with van der Waals surface area (Å²) in [5.74, 6) is 2.49. The number of anilines is 2. The first-order valence-corrected chi connectivity index (χ1v) is 8.85. The second kappa shape index (κ2) is 7.23. The molecule has 7 nitrogen and oxygen atoms in total. The monoisotopic (exact) mass is 341 g/mol. The van der Waals surface area contributed by atoms with E-state index in [0.717, 1.165) is 56.4 Å². The minimum absolute atomic E-state index is 0.206. The smallest absolute Gasteiger partial charge is 0.227 e. The fraction of sp³-hybridized carbons (Fsp3) is 0.500. The van der Waals surface area contributed by atoms with E-state index in [0.29, 0.717) is 6.54 Å². The molecule has 0 saturated carbocycles. The van der Waals surface area contributed by atoms with Gasteiger partial charge < -0.3 is 19.6 Å². The molecule has 2 aromatic heterocycles. The fourth-order valence-corrected chi connectivity index (χ4v) is 3.40. The highest BCUT2D eigenvalue weighted by Crippen LogP contribution is 2.23. The molecule has 0 radical (unpaired) electrons. The number of aromatic nitrogens is 3. The molecule has 4 rings (SSSR count). The summed E-state index contributed by atoms with van der Waals surface area (Å²) in [7, 11) is 0. The van der Waals surface area contributed by atoms with Gasteiger partial charge in [0.25, 0.3) is 0 Å². The largest absolute Gasteiger partial charge is 0.489 e. The van der Waals surface area contributed by atoms with E-state index >= 15 is 0 Å². The SMILES string of the molecule is O[C@@H]1CCN(c2ccnc(N3CCC(Oc4cccnc4)CC3)n2)C1. The predicted molar refractivity (Wildman–Crippen MR) is 95.0 cm³/mol. The van der Waals surface area contributed by atoms with E-state index < -0.39 is 0 Å². The van der Waals surface area contributed by atoms with Crippen LogP contribution in [0.1, 0.15) is 19.3 Å². The van der Waals surface area contributed by atoms with Crippen LogP contribution in [0.3, 0.4) is 0 Å². The van der Waals surface area contributed by atoms with Gasteiger partial charge in [0.1, 0.15) is 17.7 Å². The van der Waals surface area contributed by atoms with Crippen molar-refractivity contribution >= 4 is 11.8 Å². The maximum atomic E-state index is 9.72. The average molecular weight is 341 g/mol. The first-order chi connectivity index (χ1) is 12.3. The van der Waals surface area contributed by atoms with E-state index in [-0.39, 0.29) is 12.2 Å². The van der Waals surface area contributed by atoms with Gasteiger partial charge in [0.15, 0.2) is 0 Å². The lowest BCUT2D eigenvalue weighted by Crippen LogP contribution is -2.39. The maximum Gasteiger partial charge on any atom is 0.227 e. The van der Waals surface area contributed by atoms with Gasteiger partial charge in [-0.15, -0.1) is 0 Å². The van der Waals surface area contributed by atoms with Crippen LogP contribution in [-0.4, -0.2) is 58.4 Å². The van der Waals surface area contributed by atoms with Gasteiger partial charge in [0, 0.05) is 51.4 Å². The van der Waals surface area contributed by atoms with Crippen molar-refractivity contribution in [2.75, 3.05) is 36.0 Å². The molecular formula is C18H23N5O2. The Bertz CT molecular complexity index is 691. The third-order valence-electron chi connectivity index (χ3n) is 4.78. The molecule has 0 bridgehead atoms. The van der Waals surface area contributed by atoms with Crippen LogP contribution in [0.15, 0.2) is 36.8 Å². The van der Waals surface area contributed by atoms with Crippen LogP contribution in [0.2, 0.25) is 0 Å². The Hall–Kier alpha value is -2.41. The lowest BCUT2D eigenvalue weighted by Gasteiger charge is -2.32. The Kier molecular flexibility index (Phi) is 4.65. The van der Waals surface area contributed by atoms with Crippen molar-refractivity contribution in [3.63, 3.8) is 0 Å². The molecule has 132 valence electrons. The normalized spacial score (nSPS) is 21.6. The number of aliphatic hydroxyl groups is 1. The second-order valence-electron chi connectivity index (χ2n) is 6.60. The van der Waals surface area contributed by atoms with Crippen molar-refractivity contribution in [2.24, 2.45) is 0 Å². The number of pyridine rings is 1. The zero-order chi connectivity index (χ0) is 17.1. The van der Waals surface area contributed by atoms with Gasteiger partial charge in [0.2, 0.25) is 5.95 Å². The minimum atomic E-state index is -0.251. The van der Waals surface area contributed by atoms with Crippen molar-refractivity contribution in [1.29, 1.82) is 0 Å². The molecule has 2 fully saturated rings. The molecule has 0 unspecified atom stereocenters. The van der Waals surface area contributed by atoms with Gasteiger partial charge in [-0.2, -0.15) is 4.98 Å². The van der Waals surface area contributed by atoms with Gasteiger partial charge in [-0.3, -0.25) is 4.98 Å². The molecule has 7 heteroatoms. The molecule has 2 aliphatic heterocycles. The third kappa shape index (κ3) is 3.82. The van der Waals surface area contributed by atoms with Crippen molar-refractivity contribution in [3.05, 3.63) is 36.8 Å². The number of hydrogen-bond acceptors (Lipinski definition) is 7. The van der Waals surface area contributed by atoms with Crippen LogP contribution in [0.4, 0.5) is 11.8 Å². The third-order valence-corrected chi connectivity index (χ3v) is 4.78. The molecule has 0 aliphatic carbocycles. The Morgan fingerprint density at radius 3 is 2.60 bits per heavy atom. The van der Waals surface area contributed by atoms with Crippen molar-refractivity contribution in [1.82, 2.24) is 15.0 Å². The molecule has 2 aromatic rings. The van der Waals surface area contributed by atoms with Crippen LogP contribution < -0.4 is 14.5 Å². The number of ether oxygens (including phenoxy) is 1. The van der Waals surface area contributed by atoms with Crippen LogP contribution >= 0.6 is 0 Å². The van der Waals surface area contributed by atoms with Crippen LogP contribution in [0.25, 0.3) is 0 Å². The number of rotatable bonds is 4. The topological polar surface area (TPSA) is 74.6 Å². The Morgan fingerprint density at radius 2 is 1.88 bits per heavy atom. The summed E-state index contributed by atoms with van der Waals surface area (Å²) in [5.41, 5.74) is 0. The summed E-state index contributed by atoms with van der Waals surface area (Å²) in [4.78, 5) is 17.6. The molecule has 0 spiro atoms. The molecular weight excluding hydrogens is 318 g/mol. The van der Waals surface area contributed by atoms with Crippen molar-refractivity contribution in [2.45, 2.75) is 31.5 Å². The molecule has 0 amide bonds. The average Bonchev–Trinajstić information content (AvgIpc) is 3.10. The Labute approximate surface area is 147 Å². The Morgan fingerprint density at radius 1 is 1.04 bits per heavy atom. The van der Waals surface area contributed by atoms with Crippen molar-refractivity contribution < 1.29 is 9.84 Å². The maximum absolute atomic E-state index is 9.72. The van der Waals surface area contributed by atoms with E-state index in [1.54, 1.807) is 18.6 Å². The first-order valence-electron chi connectivity index (χ1n) is 8.85. The minimum Gasteiger partial charge on any atom is -0.489 e. The van der Waals surface area contributed by atoms with E-state index in [2.05, 4.69) is 19.8 Å². The number of nitrogens with zero attached hydrogens (tertiary/aromatic N) is 5. The lowest BCUT2D eigenvalue weighted by molar-refractivity contribution is 0.170. The quantitative estimate of drug-likeness (QED) is 0.903. The standard InChI is InChI=1S/C18H23N5O2/c24-14-4-9-23(13-14)17-3-8-20-18(21-17)22-10-5-15(6-11-22)25-16-2-1-7-19-12-16/h1-3,7-8,12,14-15,24H,4-6,9-11,13H2/t14-/m1/s1.